The van der Waals surface area contributed by atoms with E-state index in [1.807, 2.05) is 0 Å². The Balaban J connectivity index is 2.13. The molecule has 0 aliphatic carbocycles. The van der Waals surface area contributed by atoms with Crippen LogP contribution in [-0.4, -0.2) is 21.3 Å². The molecule has 0 saturated carbocycles. The highest BCUT2D eigenvalue weighted by atomic mass is 16.5. The summed E-state index contributed by atoms with van der Waals surface area (Å²) in [6, 6.07) is 7.84. The molecule has 0 saturated heterocycles. The molecule has 0 fully saturated rings. The quantitative estimate of drug-likeness (QED) is 0.719. The Labute approximate surface area is 100 Å². The molecular formula is C12H7NO5. The first-order valence-corrected chi connectivity index (χ1v) is 5.07. The van der Waals surface area contributed by atoms with Gasteiger partial charge < -0.3 is 19.2 Å². The number of rotatable bonds is 2. The van der Waals surface area contributed by atoms with Gasteiger partial charge in [0.05, 0.1) is 0 Å². The number of aromatic carboxylic acids is 1. The molecule has 2 aromatic heterocycles. The van der Waals surface area contributed by atoms with Gasteiger partial charge in [-0.05, 0) is 12.1 Å². The van der Waals surface area contributed by atoms with E-state index in [0.29, 0.717) is 16.7 Å². The van der Waals surface area contributed by atoms with E-state index in [2.05, 4.69) is 5.16 Å². The van der Waals surface area contributed by atoms with Crippen molar-refractivity contribution in [1.82, 2.24) is 5.16 Å². The number of aromatic hydroxyl groups is 1. The molecule has 0 aliphatic rings. The van der Waals surface area contributed by atoms with E-state index >= 15 is 0 Å². The van der Waals surface area contributed by atoms with Gasteiger partial charge >= 0.3 is 5.97 Å². The van der Waals surface area contributed by atoms with E-state index in [4.69, 9.17) is 14.0 Å². The fourth-order valence-corrected chi connectivity index (χ4v) is 1.66. The lowest BCUT2D eigenvalue weighted by Gasteiger charge is -1.90. The minimum atomic E-state index is -1.18. The molecule has 90 valence electrons. The number of fused-ring (bicyclic) bond motifs is 1. The van der Waals surface area contributed by atoms with E-state index in [0.717, 1.165) is 0 Å². The lowest BCUT2D eigenvalue weighted by Crippen LogP contribution is -1.94. The van der Waals surface area contributed by atoms with Crippen LogP contribution in [0.3, 0.4) is 0 Å². The molecule has 0 aliphatic heterocycles. The number of carboxylic acid groups (broad SMARTS) is 1. The Morgan fingerprint density at radius 1 is 1.22 bits per heavy atom. The highest BCUT2D eigenvalue weighted by molar-refractivity contribution is 5.88. The Bertz CT molecular complexity index is 740. The number of hydrogen-bond donors (Lipinski definition) is 2. The second kappa shape index (κ2) is 3.63. The Hall–Kier alpha value is -2.76. The topological polar surface area (TPSA) is 96.7 Å². The summed E-state index contributed by atoms with van der Waals surface area (Å²) in [5.41, 5.74) is 0.121. The van der Waals surface area contributed by atoms with Crippen molar-refractivity contribution in [3.8, 4) is 17.3 Å². The van der Waals surface area contributed by atoms with Crippen LogP contribution in [0.1, 0.15) is 10.5 Å². The molecule has 1 aromatic carbocycles. The van der Waals surface area contributed by atoms with Crippen molar-refractivity contribution in [2.45, 2.75) is 0 Å². The minimum Gasteiger partial charge on any atom is -0.504 e. The van der Waals surface area contributed by atoms with Gasteiger partial charge in [-0.15, -0.1) is 0 Å². The van der Waals surface area contributed by atoms with E-state index in [1.165, 1.54) is 12.1 Å². The number of furan rings is 1. The van der Waals surface area contributed by atoms with Crippen molar-refractivity contribution >= 4 is 16.9 Å². The molecule has 0 bridgehead atoms. The molecule has 18 heavy (non-hydrogen) atoms. The zero-order chi connectivity index (χ0) is 12.7. The summed E-state index contributed by atoms with van der Waals surface area (Å²) in [5, 5.41) is 22.4. The standard InChI is InChI=1S/C12H7NO5/c14-8-3-1-2-6-4-9(17-11(6)8)10-5-7(12(15)16)13-18-10/h1-5,14H,(H,15,16). The summed E-state index contributed by atoms with van der Waals surface area (Å²) in [4.78, 5) is 10.7. The highest BCUT2D eigenvalue weighted by Gasteiger charge is 2.16. The molecule has 6 heteroatoms. The largest absolute Gasteiger partial charge is 0.504 e. The third-order valence-electron chi connectivity index (χ3n) is 2.50. The average Bonchev–Trinajstić information content (AvgIpc) is 2.95. The molecule has 3 rings (SSSR count). The monoisotopic (exact) mass is 245 g/mol. The van der Waals surface area contributed by atoms with Gasteiger partial charge in [-0.3, -0.25) is 0 Å². The Morgan fingerprint density at radius 3 is 2.72 bits per heavy atom. The second-order valence-electron chi connectivity index (χ2n) is 3.69. The average molecular weight is 245 g/mol. The van der Waals surface area contributed by atoms with Crippen LogP contribution < -0.4 is 0 Å². The first kappa shape index (κ1) is 10.4. The maximum absolute atomic E-state index is 10.7. The zero-order valence-electron chi connectivity index (χ0n) is 8.95. The van der Waals surface area contributed by atoms with Gasteiger partial charge in [0.25, 0.3) is 0 Å². The predicted octanol–water partition coefficient (Wildman–Crippen LogP) is 2.49. The number of aromatic nitrogens is 1. The SMILES string of the molecule is O=C(O)c1cc(-c2cc3cccc(O)c3o2)on1. The number of benzene rings is 1. The summed E-state index contributed by atoms with van der Waals surface area (Å²) in [5.74, 6) is -0.657. The van der Waals surface area contributed by atoms with Crippen molar-refractivity contribution in [3.05, 3.63) is 36.0 Å². The third-order valence-corrected chi connectivity index (χ3v) is 2.50. The Morgan fingerprint density at radius 2 is 2.06 bits per heavy atom. The first-order chi connectivity index (χ1) is 8.65. The van der Waals surface area contributed by atoms with Crippen molar-refractivity contribution in [1.29, 1.82) is 0 Å². The van der Waals surface area contributed by atoms with Crippen molar-refractivity contribution in [2.24, 2.45) is 0 Å². The summed E-state index contributed by atoms with van der Waals surface area (Å²) >= 11 is 0. The van der Waals surface area contributed by atoms with Gasteiger partial charge in [-0.25, -0.2) is 4.79 Å². The summed E-state index contributed by atoms with van der Waals surface area (Å²) in [7, 11) is 0. The maximum atomic E-state index is 10.7. The number of nitrogens with zero attached hydrogens (tertiary/aromatic N) is 1. The first-order valence-electron chi connectivity index (χ1n) is 5.07. The maximum Gasteiger partial charge on any atom is 0.358 e. The fraction of sp³-hybridized carbons (Fsp3) is 0. The van der Waals surface area contributed by atoms with Crippen LogP contribution in [0.4, 0.5) is 0 Å². The molecule has 0 spiro atoms. The van der Waals surface area contributed by atoms with Crippen LogP contribution in [0.5, 0.6) is 5.75 Å². The zero-order valence-corrected chi connectivity index (χ0v) is 8.95. The van der Waals surface area contributed by atoms with Crippen LogP contribution in [-0.2, 0) is 0 Å². The lowest BCUT2D eigenvalue weighted by molar-refractivity contribution is 0.0686. The minimum absolute atomic E-state index is 0.0109. The van der Waals surface area contributed by atoms with Gasteiger partial charge in [-0.2, -0.15) is 0 Å². The number of carboxylic acids is 1. The normalized spacial score (nSPS) is 10.9. The van der Waals surface area contributed by atoms with Gasteiger partial charge in [0, 0.05) is 11.5 Å². The molecule has 0 radical (unpaired) electrons. The molecule has 0 amide bonds. The van der Waals surface area contributed by atoms with Crippen molar-refractivity contribution in [2.75, 3.05) is 0 Å². The van der Waals surface area contributed by atoms with E-state index in [1.54, 1.807) is 18.2 Å². The van der Waals surface area contributed by atoms with Crippen LogP contribution >= 0.6 is 0 Å². The van der Waals surface area contributed by atoms with Crippen LogP contribution in [0.2, 0.25) is 0 Å². The van der Waals surface area contributed by atoms with Gasteiger partial charge in [0.2, 0.25) is 5.76 Å². The van der Waals surface area contributed by atoms with Crippen LogP contribution in [0.15, 0.2) is 39.3 Å². The molecule has 0 unspecified atom stereocenters. The molecule has 2 N–H and O–H groups in total. The molecule has 3 aromatic rings. The molecule has 6 nitrogen and oxygen atoms in total. The third kappa shape index (κ3) is 1.51. The molecule has 0 atom stereocenters. The predicted molar refractivity (Wildman–Crippen MR) is 60.3 cm³/mol. The van der Waals surface area contributed by atoms with Crippen LogP contribution in [0.25, 0.3) is 22.5 Å². The van der Waals surface area contributed by atoms with Gasteiger partial charge in [0.1, 0.15) is 0 Å². The van der Waals surface area contributed by atoms with E-state index in [-0.39, 0.29) is 17.2 Å². The lowest BCUT2D eigenvalue weighted by atomic mass is 10.2. The summed E-state index contributed by atoms with van der Waals surface area (Å²) < 4.78 is 10.3. The molecule has 2 heterocycles. The Kier molecular flexibility index (Phi) is 2.09. The highest BCUT2D eigenvalue weighted by Crippen LogP contribution is 2.32. The van der Waals surface area contributed by atoms with E-state index in [9.17, 15) is 9.90 Å². The second-order valence-corrected chi connectivity index (χ2v) is 3.69. The summed E-state index contributed by atoms with van der Waals surface area (Å²) in [6.07, 6.45) is 0. The van der Waals surface area contributed by atoms with Gasteiger partial charge in [-0.1, -0.05) is 17.3 Å². The van der Waals surface area contributed by atoms with E-state index < -0.39 is 5.97 Å². The number of carbonyl (C=O) groups is 1. The smallest absolute Gasteiger partial charge is 0.358 e. The van der Waals surface area contributed by atoms with Crippen molar-refractivity contribution in [3.63, 3.8) is 0 Å². The number of phenols is 1. The van der Waals surface area contributed by atoms with Crippen molar-refractivity contribution < 1.29 is 23.9 Å². The van der Waals surface area contributed by atoms with Gasteiger partial charge in [0.15, 0.2) is 22.8 Å². The number of phenolic OH excluding ortho intramolecular Hbond substituents is 1. The molecular weight excluding hydrogens is 238 g/mol. The summed E-state index contributed by atoms with van der Waals surface area (Å²) in [6.45, 7) is 0. The fourth-order valence-electron chi connectivity index (χ4n) is 1.66. The number of hydrogen-bond acceptors (Lipinski definition) is 5. The number of para-hydroxylation sites is 1. The van der Waals surface area contributed by atoms with Crippen LogP contribution in [0, 0.1) is 0 Å².